The lowest BCUT2D eigenvalue weighted by Gasteiger charge is -2.33. The van der Waals surface area contributed by atoms with Gasteiger partial charge in [0.05, 0.1) is 0 Å². The summed E-state index contributed by atoms with van der Waals surface area (Å²) in [5.74, 6) is 0.477. The average molecular weight is 387 g/mol. The van der Waals surface area contributed by atoms with Crippen molar-refractivity contribution in [3.63, 3.8) is 0 Å². The van der Waals surface area contributed by atoms with Crippen LogP contribution in [0.4, 0.5) is 0 Å². The largest absolute Gasteiger partial charge is 0.409 e. The van der Waals surface area contributed by atoms with Crippen LogP contribution in [0.2, 0.25) is 13.1 Å². The Balaban J connectivity index is 4.14. The fraction of sp³-hybridized carbons (Fsp3) is 0.800. The minimum absolute atomic E-state index is 0.477. The third kappa shape index (κ3) is 12.7. The lowest BCUT2D eigenvalue weighted by Crippen LogP contribution is -2.50. The van der Waals surface area contributed by atoms with Crippen molar-refractivity contribution >= 4 is 17.1 Å². The first-order chi connectivity index (χ1) is 11.8. The van der Waals surface area contributed by atoms with E-state index >= 15 is 0 Å². The van der Waals surface area contributed by atoms with Crippen LogP contribution in [-0.4, -0.2) is 30.3 Å². The molecule has 2 unspecified atom stereocenters. The second kappa shape index (κ2) is 13.9. The Bertz CT molecular complexity index is 363. The van der Waals surface area contributed by atoms with Crippen LogP contribution >= 0.6 is 0 Å². The quantitative estimate of drug-likeness (QED) is 0.213. The molecule has 0 rings (SSSR count). The van der Waals surface area contributed by atoms with Crippen molar-refractivity contribution in [3.05, 3.63) is 24.6 Å². The van der Waals surface area contributed by atoms with E-state index in [1.54, 1.807) is 0 Å². The first-order valence-corrected chi connectivity index (χ1v) is 14.8. The summed E-state index contributed by atoms with van der Waals surface area (Å²) in [5.41, 5.74) is 3.72. The van der Waals surface area contributed by atoms with Gasteiger partial charge in [0.25, 0.3) is 0 Å². The Morgan fingerprint density at radius 3 is 1.76 bits per heavy atom. The molecule has 0 saturated carbocycles. The summed E-state index contributed by atoms with van der Waals surface area (Å²) >= 11 is 0. The topological polar surface area (TPSA) is 27.7 Å². The van der Waals surface area contributed by atoms with Gasteiger partial charge < -0.3 is 13.0 Å². The first kappa shape index (κ1) is 24.8. The van der Waals surface area contributed by atoms with Crippen molar-refractivity contribution in [2.45, 2.75) is 85.2 Å². The lowest BCUT2D eigenvalue weighted by atomic mass is 10.1. The van der Waals surface area contributed by atoms with Crippen LogP contribution in [0.5, 0.6) is 0 Å². The zero-order valence-corrected chi connectivity index (χ0v) is 19.4. The number of hydrogen-bond acceptors (Lipinski definition) is 3. The van der Waals surface area contributed by atoms with Crippen molar-refractivity contribution in [2.75, 3.05) is 13.2 Å². The number of rotatable bonds is 17. The molecule has 0 saturated heterocycles. The van der Waals surface area contributed by atoms with E-state index in [0.717, 1.165) is 13.0 Å². The zero-order valence-electron chi connectivity index (χ0n) is 17.4. The Morgan fingerprint density at radius 2 is 1.28 bits per heavy atom. The second-order valence-corrected chi connectivity index (χ2v) is 13.8. The molecule has 0 fully saturated rings. The van der Waals surface area contributed by atoms with Gasteiger partial charge in [-0.1, -0.05) is 77.1 Å². The molecular formula is C20H42O3Si2. The lowest BCUT2D eigenvalue weighted by molar-refractivity contribution is 0.185. The zero-order chi connectivity index (χ0) is 19.2. The maximum atomic E-state index is 6.34. The van der Waals surface area contributed by atoms with Gasteiger partial charge in [-0.05, 0) is 25.4 Å². The molecule has 0 aliphatic carbocycles. The van der Waals surface area contributed by atoms with Crippen LogP contribution in [0, 0.1) is 5.92 Å². The van der Waals surface area contributed by atoms with Gasteiger partial charge in [-0.15, -0.1) is 13.2 Å². The van der Waals surface area contributed by atoms with E-state index in [0.29, 0.717) is 12.5 Å². The highest BCUT2D eigenvalue weighted by atomic mass is 28.5. The summed E-state index contributed by atoms with van der Waals surface area (Å²) in [5, 5.41) is 0. The summed E-state index contributed by atoms with van der Waals surface area (Å²) in [6, 6.07) is 0. The highest BCUT2D eigenvalue weighted by molar-refractivity contribution is 6.84. The highest BCUT2D eigenvalue weighted by Gasteiger charge is 2.39. The van der Waals surface area contributed by atoms with E-state index in [2.05, 4.69) is 40.5 Å². The molecule has 0 aromatic heterocycles. The minimum Gasteiger partial charge on any atom is -0.409 e. The van der Waals surface area contributed by atoms with Gasteiger partial charge in [0.1, 0.15) is 0 Å². The predicted molar refractivity (Wildman–Crippen MR) is 114 cm³/mol. The molecule has 3 nitrogen and oxygen atoms in total. The standard InChI is InChI=1S/C20H42O3Si2/c1-8-11-12-13-14-15-16-17-18-21-24(6,9-2)23-25(7,10-3)22-19-20(4)5/h9-10,20H,2-3,8,11-19H2,1,4-7H3. The Hall–Kier alpha value is -0.206. The van der Waals surface area contributed by atoms with Gasteiger partial charge in [0, 0.05) is 13.2 Å². The molecule has 0 heterocycles. The van der Waals surface area contributed by atoms with Crippen molar-refractivity contribution in [1.29, 1.82) is 0 Å². The molecule has 2 atom stereocenters. The molecule has 5 heteroatoms. The van der Waals surface area contributed by atoms with E-state index < -0.39 is 17.1 Å². The molecule has 25 heavy (non-hydrogen) atoms. The monoisotopic (exact) mass is 386 g/mol. The van der Waals surface area contributed by atoms with Crippen LogP contribution in [-0.2, 0) is 13.0 Å². The fourth-order valence-electron chi connectivity index (χ4n) is 2.51. The molecule has 0 bridgehead atoms. The van der Waals surface area contributed by atoms with E-state index in [1.165, 1.54) is 44.9 Å². The summed E-state index contributed by atoms with van der Waals surface area (Å²) in [7, 11) is -4.82. The van der Waals surface area contributed by atoms with Gasteiger partial charge in [-0.25, -0.2) is 0 Å². The minimum atomic E-state index is -2.41. The summed E-state index contributed by atoms with van der Waals surface area (Å²) in [6.45, 7) is 19.9. The average Bonchev–Trinajstić information content (AvgIpc) is 2.58. The van der Waals surface area contributed by atoms with Crippen molar-refractivity contribution in [3.8, 4) is 0 Å². The third-order valence-corrected chi connectivity index (χ3v) is 10.5. The van der Waals surface area contributed by atoms with Gasteiger partial charge in [0.15, 0.2) is 0 Å². The molecule has 148 valence electrons. The Morgan fingerprint density at radius 1 is 0.800 bits per heavy atom. The normalized spacial score (nSPS) is 16.4. The van der Waals surface area contributed by atoms with Crippen molar-refractivity contribution < 1.29 is 13.0 Å². The summed E-state index contributed by atoms with van der Waals surface area (Å²) in [6.07, 6.45) is 10.4. The predicted octanol–water partition coefficient (Wildman–Crippen LogP) is 6.43. The van der Waals surface area contributed by atoms with Gasteiger partial charge in [0.2, 0.25) is 0 Å². The number of unbranched alkanes of at least 4 members (excludes halogenated alkanes) is 7. The molecule has 0 aromatic carbocycles. The van der Waals surface area contributed by atoms with Gasteiger partial charge in [-0.2, -0.15) is 0 Å². The molecule has 0 aliphatic rings. The van der Waals surface area contributed by atoms with Crippen molar-refractivity contribution in [1.82, 2.24) is 0 Å². The van der Waals surface area contributed by atoms with E-state index in [1.807, 2.05) is 17.9 Å². The van der Waals surface area contributed by atoms with Gasteiger partial charge >= 0.3 is 17.1 Å². The van der Waals surface area contributed by atoms with Crippen LogP contribution in [0.15, 0.2) is 24.6 Å². The summed E-state index contributed by atoms with van der Waals surface area (Å²) in [4.78, 5) is 0. The summed E-state index contributed by atoms with van der Waals surface area (Å²) < 4.78 is 18.5. The van der Waals surface area contributed by atoms with Crippen LogP contribution in [0.3, 0.4) is 0 Å². The number of hydrogen-bond donors (Lipinski definition) is 0. The molecular weight excluding hydrogens is 344 g/mol. The SMILES string of the molecule is C=C[Si](C)(OCCCCCCCCCC)O[Si](C)(C=C)OCC(C)C. The van der Waals surface area contributed by atoms with Crippen LogP contribution in [0.1, 0.15) is 72.1 Å². The van der Waals surface area contributed by atoms with Gasteiger partial charge in [-0.3, -0.25) is 0 Å². The Labute approximate surface area is 159 Å². The van der Waals surface area contributed by atoms with E-state index in [4.69, 9.17) is 13.0 Å². The second-order valence-electron chi connectivity index (χ2n) is 7.57. The smallest absolute Gasteiger partial charge is 0.352 e. The maximum absolute atomic E-state index is 6.34. The molecule has 0 aliphatic heterocycles. The molecule has 0 radical (unpaired) electrons. The fourth-order valence-corrected chi connectivity index (χ4v) is 8.31. The van der Waals surface area contributed by atoms with Crippen molar-refractivity contribution in [2.24, 2.45) is 5.92 Å². The third-order valence-electron chi connectivity index (χ3n) is 4.24. The van der Waals surface area contributed by atoms with Crippen LogP contribution < -0.4 is 0 Å². The Kier molecular flexibility index (Phi) is 13.8. The van der Waals surface area contributed by atoms with Crippen LogP contribution in [0.25, 0.3) is 0 Å². The van der Waals surface area contributed by atoms with E-state index in [-0.39, 0.29) is 0 Å². The first-order valence-electron chi connectivity index (χ1n) is 10.1. The molecule has 0 spiro atoms. The highest BCUT2D eigenvalue weighted by Crippen LogP contribution is 2.20. The molecule has 0 amide bonds. The maximum Gasteiger partial charge on any atom is 0.352 e. The van der Waals surface area contributed by atoms with E-state index in [9.17, 15) is 0 Å². The molecule has 0 N–H and O–H groups in total. The molecule has 0 aromatic rings.